The van der Waals surface area contributed by atoms with Crippen LogP contribution in [0.3, 0.4) is 0 Å². The molecule has 68 heavy (non-hydrogen) atoms. The Labute approximate surface area is 417 Å². The number of rotatable bonds is 7. The Kier molecular flexibility index (Phi) is 7.63. The zero-order valence-corrected chi connectivity index (χ0v) is 40.0. The van der Waals surface area contributed by atoms with Crippen LogP contribution >= 0.6 is 0 Å². The van der Waals surface area contributed by atoms with E-state index in [2.05, 4.69) is 113 Å². The molecule has 5 nitrogen and oxygen atoms in total. The van der Waals surface area contributed by atoms with Gasteiger partial charge in [-0.15, -0.1) is 0 Å². The Balaban J connectivity index is 1.13. The fraction of sp³-hybridized carbons (Fsp3) is 0.129. The van der Waals surface area contributed by atoms with Crippen molar-refractivity contribution in [2.24, 2.45) is 0 Å². The summed E-state index contributed by atoms with van der Waals surface area (Å²) in [4.78, 5) is 4.89. The molecule has 0 aliphatic carbocycles. The molecule has 0 aliphatic heterocycles. The number of fused-ring (bicyclic) bond motifs is 7. The van der Waals surface area contributed by atoms with E-state index in [1.165, 1.54) is 4.26 Å². The zero-order chi connectivity index (χ0) is 55.0. The second kappa shape index (κ2) is 16.1. The Morgan fingerprint density at radius 2 is 1.24 bits per heavy atom. The first kappa shape index (κ1) is 32.2. The zero-order valence-electron chi connectivity index (χ0n) is 48.3. The molecule has 0 saturated carbocycles. The van der Waals surface area contributed by atoms with Gasteiger partial charge in [0.25, 0.3) is 0 Å². The number of imidazole rings is 1. The number of benzene rings is 8. The van der Waals surface area contributed by atoms with Gasteiger partial charge >= 0.3 is 313 Å². The molecule has 0 saturated heterocycles. The molecule has 0 fully saturated rings. The summed E-state index contributed by atoms with van der Waals surface area (Å²) in [6, 6.07) is 37.0. The van der Waals surface area contributed by atoms with Crippen molar-refractivity contribution < 1.29 is 23.0 Å². The third-order valence-corrected chi connectivity index (χ3v) is 15.1. The van der Waals surface area contributed by atoms with Crippen molar-refractivity contribution >= 4 is 66.6 Å². The van der Waals surface area contributed by atoms with Crippen LogP contribution in [-0.4, -0.2) is 28.6 Å². The van der Waals surface area contributed by atoms with Gasteiger partial charge in [-0.3, -0.25) is 4.57 Å². The van der Waals surface area contributed by atoms with E-state index in [0.29, 0.717) is 28.2 Å². The standard InChI is InChI=1S/C62H50N4OSe/c1-61(2,3)42-30-31-63-59(34-42)66-53-26-15-13-22-49(53)50-29-28-45(36-54(50)66)67-46-33-43(62(4,5)6)32-44(35-46)64-39-65(56-38-58-52(37-55(56)64)51-23-14-16-27-57(51)68-58)60-47(40-18-9-7-10-19-40)24-17-25-48(60)41-20-11-8-12-21-41/h7-38H,1-6H3/i7D,8D,9D,10D,11D,12D,18D,19D,20D,21D. The molecule has 0 bridgehead atoms. The SMILES string of the molecule is [2H]c1c([2H])c([2H])c(-c2cccc(-c3c([2H])c([2H])c([2H])c([2H])c3[2H])c2-[n+]2[c-]n(-c3cc(Oc4ccc5c6ccccc6n(-c6cc(C(C)(C)C)ccn6)c5c4)cc(C(C)(C)C)c3)c3cc4c(cc32)[se]c2ccccc24)c([2H])c1[2H]. The van der Waals surface area contributed by atoms with Crippen molar-refractivity contribution in [1.82, 2.24) is 14.1 Å². The summed E-state index contributed by atoms with van der Waals surface area (Å²) in [5.41, 5.74) is 5.83. The maximum atomic E-state index is 9.25. The molecule has 0 N–H and O–H groups in total. The first-order chi connectivity index (χ1) is 37.1. The summed E-state index contributed by atoms with van der Waals surface area (Å²) in [6.07, 6.45) is 5.51. The van der Waals surface area contributed by atoms with E-state index >= 15 is 0 Å². The number of pyridine rings is 1. The minimum absolute atomic E-state index is 0.103. The van der Waals surface area contributed by atoms with Crippen molar-refractivity contribution in [3.8, 4) is 50.9 Å². The monoisotopic (exact) mass is 956 g/mol. The summed E-state index contributed by atoms with van der Waals surface area (Å²) < 4.78 is 104. The van der Waals surface area contributed by atoms with Gasteiger partial charge in [-0.1, -0.05) is 39.0 Å². The van der Waals surface area contributed by atoms with E-state index < -0.39 is 65.8 Å². The summed E-state index contributed by atoms with van der Waals surface area (Å²) in [6.45, 7) is 13.0. The van der Waals surface area contributed by atoms with Gasteiger partial charge in [-0.05, 0) is 29.2 Å². The average molecular weight is 956 g/mol. The van der Waals surface area contributed by atoms with E-state index in [4.69, 9.17) is 17.9 Å². The second-order valence-corrected chi connectivity index (χ2v) is 21.4. The van der Waals surface area contributed by atoms with Crippen LogP contribution in [0, 0.1) is 6.33 Å². The second-order valence-electron chi connectivity index (χ2n) is 19.2. The Hall–Kier alpha value is -7.50. The fourth-order valence-electron chi connectivity index (χ4n) is 9.25. The van der Waals surface area contributed by atoms with Crippen molar-refractivity contribution in [2.75, 3.05) is 0 Å². The van der Waals surface area contributed by atoms with Crippen LogP contribution in [0.1, 0.15) is 66.4 Å². The van der Waals surface area contributed by atoms with Crippen LogP contribution in [-0.2, 0) is 10.8 Å². The van der Waals surface area contributed by atoms with Crippen molar-refractivity contribution in [2.45, 2.75) is 52.4 Å². The summed E-state index contributed by atoms with van der Waals surface area (Å²) in [5, 5.41) is 4.27. The van der Waals surface area contributed by atoms with E-state index in [1.807, 2.05) is 59.3 Å². The van der Waals surface area contributed by atoms with Gasteiger partial charge < -0.3 is 0 Å². The van der Waals surface area contributed by atoms with E-state index in [-0.39, 0.29) is 47.9 Å². The van der Waals surface area contributed by atoms with E-state index in [9.17, 15) is 5.48 Å². The van der Waals surface area contributed by atoms with Gasteiger partial charge in [0.05, 0.1) is 5.52 Å². The topological polar surface area (TPSA) is 35.9 Å². The predicted molar refractivity (Wildman–Crippen MR) is 283 cm³/mol. The third kappa shape index (κ3) is 7.24. The average Bonchev–Trinajstić information content (AvgIpc) is 4.18. The molecule has 0 amide bonds. The van der Waals surface area contributed by atoms with Gasteiger partial charge in [-0.2, -0.15) is 0 Å². The van der Waals surface area contributed by atoms with Gasteiger partial charge in [0.15, 0.2) is 0 Å². The van der Waals surface area contributed by atoms with E-state index in [1.54, 1.807) is 22.8 Å². The summed E-state index contributed by atoms with van der Waals surface area (Å²) in [7, 11) is 0. The molecule has 330 valence electrons. The molecule has 0 spiro atoms. The van der Waals surface area contributed by atoms with Crippen LogP contribution in [0.5, 0.6) is 11.5 Å². The molecule has 0 atom stereocenters. The molecule has 12 aromatic rings. The minimum atomic E-state index is -0.563. The van der Waals surface area contributed by atoms with Crippen LogP contribution in [0.15, 0.2) is 194 Å². The predicted octanol–water partition coefficient (Wildman–Crippen LogP) is 15.3. The maximum absolute atomic E-state index is 9.25. The first-order valence-corrected chi connectivity index (χ1v) is 24.2. The molecule has 0 radical (unpaired) electrons. The summed E-state index contributed by atoms with van der Waals surface area (Å²) >= 11 is -0.117. The fourth-order valence-corrected chi connectivity index (χ4v) is 11.6. The number of para-hydroxylation sites is 2. The van der Waals surface area contributed by atoms with E-state index in [0.717, 1.165) is 53.8 Å². The van der Waals surface area contributed by atoms with Crippen molar-refractivity contribution in [3.05, 3.63) is 211 Å². The molecule has 0 unspecified atom stereocenters. The van der Waals surface area contributed by atoms with Crippen LogP contribution in [0.2, 0.25) is 0 Å². The quantitative estimate of drug-likeness (QED) is 0.0906. The molecule has 4 heterocycles. The van der Waals surface area contributed by atoms with Crippen LogP contribution in [0.4, 0.5) is 0 Å². The van der Waals surface area contributed by atoms with Gasteiger partial charge in [0.2, 0.25) is 0 Å². The number of hydrogen-bond donors (Lipinski definition) is 0. The Bertz CT molecular complexity index is 4380. The molecular formula is C62H50N4OSe. The number of aromatic nitrogens is 4. The molecule has 4 aromatic heterocycles. The molecule has 12 rings (SSSR count). The Morgan fingerprint density at radius 1 is 0.559 bits per heavy atom. The van der Waals surface area contributed by atoms with Crippen LogP contribution < -0.4 is 9.30 Å². The van der Waals surface area contributed by atoms with Gasteiger partial charge in [-0.25, -0.2) is 4.98 Å². The van der Waals surface area contributed by atoms with Crippen molar-refractivity contribution in [1.29, 1.82) is 0 Å². The molecular weight excluding hydrogens is 896 g/mol. The first-order valence-electron chi connectivity index (χ1n) is 27.5. The van der Waals surface area contributed by atoms with Crippen LogP contribution in [0.25, 0.3) is 91.6 Å². The van der Waals surface area contributed by atoms with Gasteiger partial charge in [0, 0.05) is 17.0 Å². The number of nitrogens with zero attached hydrogens (tertiary/aromatic N) is 4. The third-order valence-electron chi connectivity index (χ3n) is 12.7. The summed E-state index contributed by atoms with van der Waals surface area (Å²) in [5.74, 6) is 1.94. The van der Waals surface area contributed by atoms with Gasteiger partial charge in [0.1, 0.15) is 5.82 Å². The Morgan fingerprint density at radius 3 is 1.96 bits per heavy atom. The number of hydrogen-bond acceptors (Lipinski definition) is 2. The number of ether oxygens (including phenoxy) is 1. The molecule has 8 aromatic carbocycles. The molecule has 6 heteroatoms. The van der Waals surface area contributed by atoms with Crippen molar-refractivity contribution in [3.63, 3.8) is 0 Å². The normalized spacial score (nSPS) is 14.3. The molecule has 0 aliphatic rings.